The van der Waals surface area contributed by atoms with Crippen LogP contribution in [0.25, 0.3) is 0 Å². The van der Waals surface area contributed by atoms with Crippen LogP contribution in [-0.4, -0.2) is 53.0 Å². The quantitative estimate of drug-likeness (QED) is 0.774. The molecule has 2 atom stereocenters. The Morgan fingerprint density at radius 1 is 1.17 bits per heavy atom. The highest BCUT2D eigenvalue weighted by atomic mass is 16.7. The van der Waals surface area contributed by atoms with E-state index in [4.69, 9.17) is 9.31 Å². The molecule has 4 aliphatic rings. The number of carbonyl (C=O) groups is 2. The van der Waals surface area contributed by atoms with Gasteiger partial charge in [0, 0.05) is 36.1 Å². The van der Waals surface area contributed by atoms with Gasteiger partial charge in [-0.15, -0.1) is 0 Å². The second kappa shape index (κ2) is 5.98. The van der Waals surface area contributed by atoms with Crippen molar-refractivity contribution in [2.45, 2.75) is 83.2 Å². The molecule has 0 spiro atoms. The Morgan fingerprint density at radius 2 is 1.86 bits per heavy atom. The van der Waals surface area contributed by atoms with Crippen LogP contribution in [0.5, 0.6) is 0 Å². The minimum Gasteiger partial charge on any atom is -0.403 e. The summed E-state index contributed by atoms with van der Waals surface area (Å²) in [6.45, 7) is 11.7. The molecule has 1 N–H and O–H groups in total. The van der Waals surface area contributed by atoms with Gasteiger partial charge in [0.25, 0.3) is 5.91 Å². The zero-order valence-electron chi connectivity index (χ0n) is 18.2. The number of nitrogens with one attached hydrogen (secondary N) is 1. The first-order chi connectivity index (χ1) is 13.6. The first kappa shape index (κ1) is 19.4. The number of nitrogens with zero attached hydrogens (tertiary/aromatic N) is 1. The van der Waals surface area contributed by atoms with E-state index in [0.717, 1.165) is 49.0 Å². The summed E-state index contributed by atoms with van der Waals surface area (Å²) < 4.78 is 12.7. The zero-order valence-corrected chi connectivity index (χ0v) is 18.2. The van der Waals surface area contributed by atoms with E-state index in [2.05, 4.69) is 32.7 Å². The number of hydrogen-bond acceptors (Lipinski definition) is 4. The Balaban J connectivity index is 1.31. The summed E-state index contributed by atoms with van der Waals surface area (Å²) in [4.78, 5) is 30.8. The molecule has 29 heavy (non-hydrogen) atoms. The largest absolute Gasteiger partial charge is 0.464 e. The molecule has 0 bridgehead atoms. The number of aromatic nitrogens is 1. The maximum absolute atomic E-state index is 13.3. The molecule has 2 unspecified atom stereocenters. The van der Waals surface area contributed by atoms with Gasteiger partial charge in [-0.05, 0) is 71.8 Å². The summed E-state index contributed by atoms with van der Waals surface area (Å²) in [6.07, 6.45) is 4.25. The van der Waals surface area contributed by atoms with Gasteiger partial charge in [0.1, 0.15) is 5.69 Å². The van der Waals surface area contributed by atoms with Gasteiger partial charge in [-0.1, -0.05) is 0 Å². The van der Waals surface area contributed by atoms with Crippen LogP contribution in [0.1, 0.15) is 85.5 Å². The third-order valence-corrected chi connectivity index (χ3v) is 8.23. The minimum absolute atomic E-state index is 0.0270. The van der Waals surface area contributed by atoms with Gasteiger partial charge in [-0.2, -0.15) is 0 Å². The van der Waals surface area contributed by atoms with Crippen LogP contribution in [0.15, 0.2) is 0 Å². The first-order valence-electron chi connectivity index (χ1n) is 11.0. The molecule has 1 aromatic rings. The van der Waals surface area contributed by atoms with E-state index in [1.807, 2.05) is 11.8 Å². The number of fused-ring (bicyclic) bond motifs is 2. The molecule has 6 nitrogen and oxygen atoms in total. The number of ketones is 1. The fourth-order valence-corrected chi connectivity index (χ4v) is 5.47. The van der Waals surface area contributed by atoms with Crippen LogP contribution in [0.4, 0.5) is 0 Å². The lowest BCUT2D eigenvalue weighted by Gasteiger charge is -2.32. The highest BCUT2D eigenvalue weighted by molar-refractivity contribution is 6.51. The number of hydrogen-bond donors (Lipinski definition) is 1. The number of amides is 1. The van der Waals surface area contributed by atoms with Crippen LogP contribution >= 0.6 is 0 Å². The molecule has 2 aliphatic carbocycles. The third-order valence-electron chi connectivity index (χ3n) is 8.23. The van der Waals surface area contributed by atoms with E-state index in [0.29, 0.717) is 24.6 Å². The van der Waals surface area contributed by atoms with Crippen molar-refractivity contribution in [3.05, 3.63) is 22.5 Å². The summed E-state index contributed by atoms with van der Waals surface area (Å²) in [5.74, 6) is 0.611. The zero-order chi connectivity index (χ0) is 20.8. The summed E-state index contributed by atoms with van der Waals surface area (Å²) in [5, 5.41) is 0.0435. The third kappa shape index (κ3) is 2.69. The monoisotopic (exact) mass is 398 g/mol. The Hall–Kier alpha value is -1.60. The lowest BCUT2D eigenvalue weighted by molar-refractivity contribution is 0.00578. The van der Waals surface area contributed by atoms with E-state index in [-0.39, 0.29) is 35.3 Å². The maximum Gasteiger partial charge on any atom is 0.464 e. The highest BCUT2D eigenvalue weighted by Gasteiger charge is 2.70. The SMILES string of the molecule is Cc1c(C(=O)N2CCC3(B4OC(C)(C)C(C)(C)O4)CC3C2)[nH]c2c1C(=O)CCC2. The number of Topliss-reactive ketones (excluding diaryl/α,β-unsaturated/α-hetero) is 1. The van der Waals surface area contributed by atoms with Gasteiger partial charge in [-0.25, -0.2) is 0 Å². The van der Waals surface area contributed by atoms with E-state index >= 15 is 0 Å². The van der Waals surface area contributed by atoms with Gasteiger partial charge in [0.2, 0.25) is 0 Å². The second-order valence-electron chi connectivity index (χ2n) is 10.5. The fourth-order valence-electron chi connectivity index (χ4n) is 5.47. The number of piperidine rings is 1. The summed E-state index contributed by atoms with van der Waals surface area (Å²) >= 11 is 0. The van der Waals surface area contributed by atoms with Crippen LogP contribution in [0, 0.1) is 12.8 Å². The van der Waals surface area contributed by atoms with Crippen LogP contribution in [-0.2, 0) is 15.7 Å². The van der Waals surface area contributed by atoms with Gasteiger partial charge >= 0.3 is 7.12 Å². The number of carbonyl (C=O) groups excluding carboxylic acids is 2. The smallest absolute Gasteiger partial charge is 0.403 e. The lowest BCUT2D eigenvalue weighted by atomic mass is 9.63. The molecule has 1 aromatic heterocycles. The Bertz CT molecular complexity index is 889. The van der Waals surface area contributed by atoms with Crippen LogP contribution in [0.2, 0.25) is 5.31 Å². The Morgan fingerprint density at radius 3 is 2.48 bits per heavy atom. The molecule has 1 amide bonds. The average molecular weight is 398 g/mol. The van der Waals surface area contributed by atoms with Crippen LogP contribution < -0.4 is 0 Å². The lowest BCUT2D eigenvalue weighted by Crippen LogP contribution is -2.42. The molecule has 0 aromatic carbocycles. The maximum atomic E-state index is 13.3. The molecule has 3 heterocycles. The van der Waals surface area contributed by atoms with Gasteiger partial charge in [0.05, 0.1) is 11.2 Å². The first-order valence-corrected chi connectivity index (χ1v) is 11.0. The van der Waals surface area contributed by atoms with Crippen LogP contribution in [0.3, 0.4) is 0 Å². The number of H-pyrrole nitrogens is 1. The highest BCUT2D eigenvalue weighted by Crippen LogP contribution is 2.69. The van der Waals surface area contributed by atoms with E-state index in [1.54, 1.807) is 0 Å². The van der Waals surface area contributed by atoms with Crippen molar-refractivity contribution in [3.8, 4) is 0 Å². The Labute approximate surface area is 172 Å². The van der Waals surface area contributed by atoms with Crippen molar-refractivity contribution >= 4 is 18.8 Å². The number of rotatable bonds is 2. The van der Waals surface area contributed by atoms with Crippen molar-refractivity contribution in [2.75, 3.05) is 13.1 Å². The van der Waals surface area contributed by atoms with Gasteiger partial charge in [0.15, 0.2) is 5.78 Å². The summed E-state index contributed by atoms with van der Waals surface area (Å²) in [6, 6.07) is 0. The van der Waals surface area contributed by atoms with Gasteiger partial charge < -0.3 is 19.2 Å². The molecule has 2 aliphatic heterocycles. The van der Waals surface area contributed by atoms with Crippen molar-refractivity contribution < 1.29 is 18.9 Å². The fraction of sp³-hybridized carbons (Fsp3) is 0.727. The normalized spacial score (nSPS) is 32.2. The van der Waals surface area contributed by atoms with Crippen molar-refractivity contribution in [1.29, 1.82) is 0 Å². The number of aryl methyl sites for hydroxylation is 1. The molecule has 2 saturated heterocycles. The number of likely N-dealkylation sites (tertiary alicyclic amines) is 1. The van der Waals surface area contributed by atoms with Crippen molar-refractivity contribution in [3.63, 3.8) is 0 Å². The average Bonchev–Trinajstić information content (AvgIpc) is 3.22. The Kier molecular flexibility index (Phi) is 3.99. The second-order valence-corrected chi connectivity index (χ2v) is 10.5. The molecule has 3 fully saturated rings. The topological polar surface area (TPSA) is 71.6 Å². The molecular weight excluding hydrogens is 367 g/mol. The molecule has 1 saturated carbocycles. The van der Waals surface area contributed by atoms with Gasteiger partial charge in [-0.3, -0.25) is 9.59 Å². The molecule has 156 valence electrons. The standard InChI is InChI=1S/C22H31BN2O4/c1-13-17-15(7-6-8-16(17)26)24-18(13)19(27)25-10-9-22(11-14(22)12-25)23-28-20(2,3)21(4,5)29-23/h14,24H,6-12H2,1-5H3. The molecule has 5 rings (SSSR count). The summed E-state index contributed by atoms with van der Waals surface area (Å²) in [5.41, 5.74) is 2.49. The van der Waals surface area contributed by atoms with Crippen molar-refractivity contribution in [1.82, 2.24) is 9.88 Å². The number of aromatic amines is 1. The minimum atomic E-state index is -0.320. The van der Waals surface area contributed by atoms with E-state index < -0.39 is 0 Å². The van der Waals surface area contributed by atoms with E-state index in [1.165, 1.54) is 0 Å². The molecule has 0 radical (unpaired) electrons. The van der Waals surface area contributed by atoms with E-state index in [9.17, 15) is 9.59 Å². The molecule has 7 heteroatoms. The predicted molar refractivity (Wildman–Crippen MR) is 110 cm³/mol. The molecular formula is C22H31BN2O4. The summed E-state index contributed by atoms with van der Waals surface area (Å²) in [7, 11) is -0.188. The van der Waals surface area contributed by atoms with Crippen molar-refractivity contribution in [2.24, 2.45) is 5.92 Å². The predicted octanol–water partition coefficient (Wildman–Crippen LogP) is 3.54.